The van der Waals surface area contributed by atoms with Gasteiger partial charge in [-0.3, -0.25) is 4.57 Å². The summed E-state index contributed by atoms with van der Waals surface area (Å²) in [7, 11) is 0. The zero-order valence-corrected chi connectivity index (χ0v) is 33.8. The van der Waals surface area contributed by atoms with Crippen molar-refractivity contribution < 1.29 is 52.1 Å². The number of para-hydroxylation sites is 2. The molecule has 316 valence electrons. The van der Waals surface area contributed by atoms with E-state index in [4.69, 9.17) is 28.8 Å². The van der Waals surface area contributed by atoms with Crippen molar-refractivity contribution in [2.75, 3.05) is 0 Å². The third-order valence-corrected chi connectivity index (χ3v) is 11.0. The van der Waals surface area contributed by atoms with E-state index in [1.165, 1.54) is 0 Å². The van der Waals surface area contributed by atoms with Crippen LogP contribution < -0.4 is 0 Å². The average Bonchev–Trinajstić information content (AvgIpc) is 1.39. The Morgan fingerprint density at radius 3 is 1.34 bits per heavy atom. The summed E-state index contributed by atoms with van der Waals surface area (Å²) >= 11 is 0. The monoisotopic (exact) mass is 904 g/mol. The zero-order valence-electron chi connectivity index (χ0n) is 71.8. The summed E-state index contributed by atoms with van der Waals surface area (Å²) in [6.07, 6.45) is 0. The maximum atomic E-state index is 10.1. The van der Waals surface area contributed by atoms with Crippen LogP contribution in [0.5, 0.6) is 0 Å². The fourth-order valence-electron chi connectivity index (χ4n) is 8.10. The highest BCUT2D eigenvalue weighted by Gasteiger charge is 2.24. The first-order chi connectivity index (χ1) is 49.5. The van der Waals surface area contributed by atoms with Gasteiger partial charge in [0.15, 0.2) is 11.6 Å². The number of aromatic nitrogens is 5. The molecule has 0 amide bonds. The summed E-state index contributed by atoms with van der Waals surface area (Å²) < 4.78 is 350. The number of nitrogens with zero attached hydrogens (tertiary/aromatic N) is 5. The first kappa shape index (κ1) is 16.3. The average molecular weight is 904 g/mol. The van der Waals surface area contributed by atoms with Crippen LogP contribution in [0.1, 0.15) is 52.1 Å². The summed E-state index contributed by atoms with van der Waals surface area (Å²) in [6, 6.07) is -36.8. The molecule has 0 aliphatic heterocycles. The summed E-state index contributed by atoms with van der Waals surface area (Å²) in [5.41, 5.74) is -9.17. The molecule has 0 N–H and O–H groups in total. The van der Waals surface area contributed by atoms with E-state index in [-0.39, 0.29) is 0 Å². The predicted molar refractivity (Wildman–Crippen MR) is 283 cm³/mol. The number of rotatable bonds is 6. The molecule has 5 heteroatoms. The third kappa shape index (κ3) is 5.93. The van der Waals surface area contributed by atoms with Crippen LogP contribution in [0.25, 0.3) is 133 Å². The Hall–Kier alpha value is -9.19. The fourth-order valence-corrected chi connectivity index (χ4v) is 8.10. The van der Waals surface area contributed by atoms with E-state index in [0.717, 1.165) is 10.6 Å². The van der Waals surface area contributed by atoms with Gasteiger partial charge in [0.1, 0.15) is 0 Å². The van der Waals surface area contributed by atoms with Crippen molar-refractivity contribution in [3.63, 3.8) is 0 Å². The quantitative estimate of drug-likeness (QED) is 0.156. The molecule has 11 aromatic carbocycles. The molecule has 0 saturated carbocycles. The fraction of sp³-hybridized carbons (Fsp3) is 0. The topological polar surface area (TPSA) is 48.5 Å². The van der Waals surface area contributed by atoms with Crippen molar-refractivity contribution in [2.45, 2.75) is 0 Å². The lowest BCUT2D eigenvalue weighted by Crippen LogP contribution is -2.07. The Morgan fingerprint density at radius 2 is 0.691 bits per heavy atom. The Morgan fingerprint density at radius 1 is 0.279 bits per heavy atom. The van der Waals surface area contributed by atoms with Crippen molar-refractivity contribution >= 4 is 75.9 Å². The second kappa shape index (κ2) is 15.2. The summed E-state index contributed by atoms with van der Waals surface area (Å²) in [5.74, 6) is -2.97. The second-order valence-corrected chi connectivity index (χ2v) is 14.6. The lowest BCUT2D eigenvalue weighted by Gasteiger charge is -2.14. The molecule has 0 bridgehead atoms. The molecule has 0 aliphatic rings. The van der Waals surface area contributed by atoms with Crippen LogP contribution in [0.15, 0.2) is 236 Å². The standard InChI is InChI=1S/C63H39N5/c1-3-15-40(16-4-1)41-27-29-44(30-28-41)62-64-61(43-17-5-2-6-18-43)65-63(66-62)68-58-26-14-12-24-53(58)55-38-37-54-52-23-11-13-25-57(52)67(59(54)60(55)68)46-34-31-42(32-35-46)45-33-36-51-49-21-8-7-19-47(49)48-20-9-10-22-50(48)56(51)39-45/h1-39H/i1D,2D,3D,4D,5D,6D,7D,8D,9D,10D,11D,12D,13D,14D,15D,16D,17D,18D,19D,20D,21D,22D,23D,24D,25D,27D,28D,29D,30D,31D,32D,33D,34D,35D,36D,37D,38D,39D. The van der Waals surface area contributed by atoms with Gasteiger partial charge in [-0.05, 0) is 84.8 Å². The molecule has 0 spiro atoms. The van der Waals surface area contributed by atoms with Crippen LogP contribution in [-0.2, 0) is 0 Å². The van der Waals surface area contributed by atoms with Crippen LogP contribution in [0.4, 0.5) is 0 Å². The lowest BCUT2D eigenvalue weighted by molar-refractivity contribution is 0.953. The SMILES string of the molecule is [2H]c1cc2c(c([2H])c1[2H])c1c([2H])c([2H])c3c4c([2H])c([2H])c([2H])c([2H])c4n(-c4c([2H])c([2H])c(-c5c([2H])c([2H])c6c7c([2H])c([2H])c([2H])c([2H])c7c7c([2H])c([2H])c([2H])c([2H])c7c6c5[2H])c([2H])c4[2H])c3c1n2-c1nc(-c2c([2H])c([2H])c([2H])c([2H])c2[2H])nc(-c2c([2H])c([2H])c(-c3c([2H])c([2H])c([2H])c([2H])c3[2H])c([2H])c2[2H])n1. The number of hydrogen-bond donors (Lipinski definition) is 0. The Kier molecular flexibility index (Phi) is 3.64. The molecular formula is C63H39N5. The molecule has 14 aromatic rings. The Labute approximate surface area is 444 Å². The highest BCUT2D eigenvalue weighted by Crippen LogP contribution is 2.43. The van der Waals surface area contributed by atoms with Crippen molar-refractivity contribution in [3.8, 4) is 56.7 Å². The molecule has 3 aromatic heterocycles. The maximum absolute atomic E-state index is 10.1. The normalized spacial score (nSPS) is 19.6. The van der Waals surface area contributed by atoms with Gasteiger partial charge in [0.25, 0.3) is 0 Å². The number of fused-ring (bicyclic) bond motifs is 13. The van der Waals surface area contributed by atoms with E-state index < -0.39 is 362 Å². The van der Waals surface area contributed by atoms with Gasteiger partial charge in [0.2, 0.25) is 5.95 Å². The summed E-state index contributed by atoms with van der Waals surface area (Å²) in [5, 5.41) is -6.16. The van der Waals surface area contributed by atoms with Crippen LogP contribution in [0.3, 0.4) is 0 Å². The van der Waals surface area contributed by atoms with Crippen molar-refractivity contribution in [2.24, 2.45) is 0 Å². The first-order valence-corrected chi connectivity index (χ1v) is 20.0. The highest BCUT2D eigenvalue weighted by molar-refractivity contribution is 6.26. The van der Waals surface area contributed by atoms with E-state index in [0.29, 0.717) is 4.57 Å². The van der Waals surface area contributed by atoms with Crippen molar-refractivity contribution in [1.82, 2.24) is 24.1 Å². The minimum Gasteiger partial charge on any atom is -0.307 e. The molecule has 0 unspecified atom stereocenters. The van der Waals surface area contributed by atoms with E-state index >= 15 is 0 Å². The van der Waals surface area contributed by atoms with Crippen molar-refractivity contribution in [1.29, 1.82) is 0 Å². The van der Waals surface area contributed by atoms with Crippen LogP contribution in [0.2, 0.25) is 0 Å². The third-order valence-electron chi connectivity index (χ3n) is 11.0. The van der Waals surface area contributed by atoms with E-state index in [1.807, 2.05) is 0 Å². The number of benzene rings is 11. The minimum atomic E-state index is -1.24. The maximum Gasteiger partial charge on any atom is 0.238 e. The van der Waals surface area contributed by atoms with Gasteiger partial charge in [-0.1, -0.05) is 205 Å². The molecule has 0 saturated heterocycles. The summed E-state index contributed by atoms with van der Waals surface area (Å²) in [6.45, 7) is 0. The van der Waals surface area contributed by atoms with E-state index in [9.17, 15) is 23.3 Å². The molecule has 5 nitrogen and oxygen atoms in total. The van der Waals surface area contributed by atoms with Gasteiger partial charge in [0, 0.05) is 38.4 Å². The van der Waals surface area contributed by atoms with Gasteiger partial charge in [-0.25, -0.2) is 4.98 Å². The van der Waals surface area contributed by atoms with Crippen LogP contribution in [0, 0.1) is 0 Å². The smallest absolute Gasteiger partial charge is 0.238 e. The number of hydrogen-bond acceptors (Lipinski definition) is 3. The first-order valence-electron chi connectivity index (χ1n) is 39.0. The van der Waals surface area contributed by atoms with Crippen molar-refractivity contribution in [3.05, 3.63) is 236 Å². The van der Waals surface area contributed by atoms with Gasteiger partial charge in [-0.15, -0.1) is 0 Å². The molecule has 0 atom stereocenters. The summed E-state index contributed by atoms with van der Waals surface area (Å²) in [4.78, 5) is 13.6. The largest absolute Gasteiger partial charge is 0.307 e. The highest BCUT2D eigenvalue weighted by atomic mass is 15.2. The van der Waals surface area contributed by atoms with Gasteiger partial charge in [0.05, 0.1) is 74.2 Å². The molecule has 14 rings (SSSR count). The lowest BCUT2D eigenvalue weighted by atomic mass is 9.92. The Bertz CT molecular complexity index is 6460. The van der Waals surface area contributed by atoms with Crippen LogP contribution in [-0.4, -0.2) is 24.1 Å². The Balaban J connectivity index is 1.19. The van der Waals surface area contributed by atoms with Gasteiger partial charge >= 0.3 is 0 Å². The molecule has 0 aliphatic carbocycles. The van der Waals surface area contributed by atoms with E-state index in [2.05, 4.69) is 15.0 Å². The zero-order chi connectivity index (χ0) is 77.8. The second-order valence-electron chi connectivity index (χ2n) is 14.6. The molecule has 3 heterocycles. The van der Waals surface area contributed by atoms with Gasteiger partial charge < -0.3 is 4.57 Å². The van der Waals surface area contributed by atoms with Crippen LogP contribution >= 0.6 is 0 Å². The van der Waals surface area contributed by atoms with Gasteiger partial charge in [-0.2, -0.15) is 9.97 Å². The molecular weight excluding hydrogens is 827 g/mol. The molecule has 68 heavy (non-hydrogen) atoms. The molecule has 0 fully saturated rings. The predicted octanol–water partition coefficient (Wildman–Crippen LogP) is 16.2. The molecule has 0 radical (unpaired) electrons. The van der Waals surface area contributed by atoms with E-state index in [1.54, 1.807) is 0 Å². The minimum absolute atomic E-state index is 0.526.